The minimum absolute atomic E-state index is 0.00224. The Morgan fingerprint density at radius 3 is 2.89 bits per heavy atom. The van der Waals surface area contributed by atoms with Gasteiger partial charge in [-0.2, -0.15) is 0 Å². The number of hydrogen-bond donors (Lipinski definition) is 1. The number of rotatable bonds is 8. The second-order valence-corrected chi connectivity index (χ2v) is 4.35. The number of allylic oxidation sites excluding steroid dienone is 1. The van der Waals surface area contributed by atoms with E-state index in [1.807, 2.05) is 6.08 Å². The Bertz CT molecular complexity index is 352. The third kappa shape index (κ3) is 10.8. The molecule has 0 fully saturated rings. The third-order valence-corrected chi connectivity index (χ3v) is 2.67. The van der Waals surface area contributed by atoms with E-state index in [4.69, 9.17) is 6.42 Å². The van der Waals surface area contributed by atoms with Crippen molar-refractivity contribution in [1.29, 1.82) is 0 Å². The van der Waals surface area contributed by atoms with Gasteiger partial charge in [0.25, 0.3) is 0 Å². The average Bonchev–Trinajstić information content (AvgIpc) is 2.39. The highest BCUT2D eigenvalue weighted by molar-refractivity contribution is 5.87. The number of amides is 1. The lowest BCUT2D eigenvalue weighted by Crippen LogP contribution is -2.26. The largest absolute Gasteiger partial charge is 0.352 e. The fourth-order valence-corrected chi connectivity index (χ4v) is 1.26. The van der Waals surface area contributed by atoms with Crippen LogP contribution in [-0.4, -0.2) is 12.5 Å². The summed E-state index contributed by atoms with van der Waals surface area (Å²) in [6, 6.07) is 0. The van der Waals surface area contributed by atoms with E-state index in [-0.39, 0.29) is 5.91 Å². The molecule has 0 radical (unpaired) electrons. The lowest BCUT2D eigenvalue weighted by molar-refractivity contribution is -0.116. The van der Waals surface area contributed by atoms with E-state index < -0.39 is 0 Å². The predicted molar refractivity (Wildman–Crippen MR) is 76.7 cm³/mol. The number of nitrogens with one attached hydrogen (secondary N) is 1. The Labute approximate surface area is 111 Å². The van der Waals surface area contributed by atoms with Gasteiger partial charge in [-0.3, -0.25) is 4.79 Å². The predicted octanol–water partition coefficient (Wildman–Crippen LogP) is 2.90. The van der Waals surface area contributed by atoms with Crippen LogP contribution in [0.2, 0.25) is 0 Å². The van der Waals surface area contributed by atoms with Crippen molar-refractivity contribution in [1.82, 2.24) is 5.32 Å². The number of hydrogen-bond acceptors (Lipinski definition) is 1. The summed E-state index contributed by atoms with van der Waals surface area (Å²) >= 11 is 0. The van der Waals surface area contributed by atoms with Gasteiger partial charge in [-0.05, 0) is 43.1 Å². The lowest BCUT2D eigenvalue weighted by Gasteiger charge is -2.07. The monoisotopic (exact) mass is 245 g/mol. The van der Waals surface area contributed by atoms with Crippen molar-refractivity contribution in [2.45, 2.75) is 46.0 Å². The van der Waals surface area contributed by atoms with Crippen LogP contribution in [0, 0.1) is 30.1 Å². The van der Waals surface area contributed by atoms with Gasteiger partial charge in [-0.1, -0.05) is 32.3 Å². The lowest BCUT2D eigenvalue weighted by atomic mass is 10.1. The molecule has 18 heavy (non-hydrogen) atoms. The van der Waals surface area contributed by atoms with E-state index in [0.717, 1.165) is 38.6 Å². The van der Waals surface area contributed by atoms with E-state index in [0.29, 0.717) is 5.92 Å². The molecule has 0 aromatic carbocycles. The van der Waals surface area contributed by atoms with Crippen LogP contribution in [0.25, 0.3) is 0 Å². The smallest absolute Gasteiger partial charge is 0.243 e. The standard InChI is InChI=1S/C16H23NO/c1-4-6-7-8-9-10-11-12-13-16(18)17-14-15(3)5-2/h1,12-13,15H,5,8-11,14H2,2-3H3,(H,17,18)/b13-12-/t15-/m0/s1. The summed E-state index contributed by atoms with van der Waals surface area (Å²) < 4.78 is 0. The molecule has 1 amide bonds. The molecule has 2 heteroatoms. The normalized spacial score (nSPS) is 11.4. The van der Waals surface area contributed by atoms with Gasteiger partial charge in [0, 0.05) is 13.0 Å². The molecule has 0 spiro atoms. The molecule has 1 atom stereocenters. The number of terminal acetylenes is 1. The molecule has 0 aliphatic heterocycles. The molecular formula is C16H23NO. The van der Waals surface area contributed by atoms with Crippen molar-refractivity contribution in [3.8, 4) is 24.2 Å². The van der Waals surface area contributed by atoms with Crippen molar-refractivity contribution in [3.63, 3.8) is 0 Å². The molecule has 0 aromatic heterocycles. The first-order chi connectivity index (χ1) is 8.70. The SMILES string of the molecule is C#CC#CCCCC/C=C\C(=O)NC[C@@H](C)CC. The Morgan fingerprint density at radius 2 is 2.22 bits per heavy atom. The van der Waals surface area contributed by atoms with Crippen molar-refractivity contribution >= 4 is 5.91 Å². The van der Waals surface area contributed by atoms with Gasteiger partial charge in [0.2, 0.25) is 5.91 Å². The average molecular weight is 245 g/mol. The molecule has 0 unspecified atom stereocenters. The quantitative estimate of drug-likeness (QED) is 0.397. The maximum Gasteiger partial charge on any atom is 0.243 e. The van der Waals surface area contributed by atoms with Crippen molar-refractivity contribution in [3.05, 3.63) is 12.2 Å². The zero-order valence-electron chi connectivity index (χ0n) is 11.5. The third-order valence-electron chi connectivity index (χ3n) is 2.67. The Morgan fingerprint density at radius 1 is 1.44 bits per heavy atom. The summed E-state index contributed by atoms with van der Waals surface area (Å²) in [7, 11) is 0. The van der Waals surface area contributed by atoms with E-state index >= 15 is 0 Å². The summed E-state index contributed by atoms with van der Waals surface area (Å²) in [5, 5.41) is 2.88. The summed E-state index contributed by atoms with van der Waals surface area (Å²) in [5.41, 5.74) is 0. The first kappa shape index (κ1) is 16.3. The van der Waals surface area contributed by atoms with Gasteiger partial charge in [0.15, 0.2) is 0 Å². The highest BCUT2D eigenvalue weighted by atomic mass is 16.1. The first-order valence-corrected chi connectivity index (χ1v) is 6.58. The zero-order chi connectivity index (χ0) is 13.6. The molecule has 0 aromatic rings. The molecule has 0 aliphatic carbocycles. The van der Waals surface area contributed by atoms with Crippen molar-refractivity contribution in [2.75, 3.05) is 6.54 Å². The number of carbonyl (C=O) groups is 1. The van der Waals surface area contributed by atoms with E-state index in [1.165, 1.54) is 0 Å². The first-order valence-electron chi connectivity index (χ1n) is 6.58. The minimum atomic E-state index is 0.00224. The summed E-state index contributed by atoms with van der Waals surface area (Å²) in [6.45, 7) is 5.00. The fourth-order valence-electron chi connectivity index (χ4n) is 1.26. The zero-order valence-corrected chi connectivity index (χ0v) is 11.5. The number of carbonyl (C=O) groups excluding carboxylic acids is 1. The van der Waals surface area contributed by atoms with Crippen LogP contribution in [0.5, 0.6) is 0 Å². The Hall–Kier alpha value is -1.67. The summed E-state index contributed by atoms with van der Waals surface area (Å²) in [4.78, 5) is 11.4. The molecule has 0 saturated carbocycles. The van der Waals surface area contributed by atoms with Crippen molar-refractivity contribution in [2.24, 2.45) is 5.92 Å². The highest BCUT2D eigenvalue weighted by Gasteiger charge is 1.99. The van der Waals surface area contributed by atoms with Gasteiger partial charge in [0.1, 0.15) is 0 Å². The van der Waals surface area contributed by atoms with E-state index in [1.54, 1.807) is 6.08 Å². The molecule has 0 heterocycles. The van der Waals surface area contributed by atoms with Crippen molar-refractivity contribution < 1.29 is 4.79 Å². The molecule has 0 bridgehead atoms. The maximum atomic E-state index is 11.4. The fraction of sp³-hybridized carbons (Fsp3) is 0.562. The second kappa shape index (κ2) is 11.8. The van der Waals surface area contributed by atoms with E-state index in [9.17, 15) is 4.79 Å². The van der Waals surface area contributed by atoms with Crippen LogP contribution < -0.4 is 5.32 Å². The van der Waals surface area contributed by atoms with Gasteiger partial charge >= 0.3 is 0 Å². The Kier molecular flexibility index (Phi) is 10.7. The van der Waals surface area contributed by atoms with Gasteiger partial charge < -0.3 is 5.32 Å². The highest BCUT2D eigenvalue weighted by Crippen LogP contribution is 2.00. The van der Waals surface area contributed by atoms with Crippen LogP contribution in [-0.2, 0) is 4.79 Å². The van der Waals surface area contributed by atoms with Crippen LogP contribution in [0.1, 0.15) is 46.0 Å². The van der Waals surface area contributed by atoms with Gasteiger partial charge in [-0.15, -0.1) is 6.42 Å². The Balaban J connectivity index is 3.52. The molecule has 0 aliphatic rings. The summed E-state index contributed by atoms with van der Waals surface area (Å²) in [5.74, 6) is 8.30. The van der Waals surface area contributed by atoms with Crippen LogP contribution in [0.15, 0.2) is 12.2 Å². The molecule has 1 N–H and O–H groups in total. The minimum Gasteiger partial charge on any atom is -0.352 e. The van der Waals surface area contributed by atoms with Gasteiger partial charge in [0.05, 0.1) is 0 Å². The molecule has 98 valence electrons. The summed E-state index contributed by atoms with van der Waals surface area (Å²) in [6.07, 6.45) is 13.4. The van der Waals surface area contributed by atoms with Crippen LogP contribution in [0.3, 0.4) is 0 Å². The van der Waals surface area contributed by atoms with Crippen LogP contribution in [0.4, 0.5) is 0 Å². The molecule has 2 nitrogen and oxygen atoms in total. The van der Waals surface area contributed by atoms with Gasteiger partial charge in [-0.25, -0.2) is 0 Å². The van der Waals surface area contributed by atoms with Crippen LogP contribution >= 0.6 is 0 Å². The van der Waals surface area contributed by atoms with E-state index in [2.05, 4.69) is 36.9 Å². The topological polar surface area (TPSA) is 29.1 Å². The molecule has 0 rings (SSSR count). The second-order valence-electron chi connectivity index (χ2n) is 4.35. The molecule has 0 saturated heterocycles. The number of unbranched alkanes of at least 4 members (excludes halogenated alkanes) is 3. The molecular weight excluding hydrogens is 222 g/mol. The maximum absolute atomic E-state index is 11.4.